The van der Waals surface area contributed by atoms with E-state index >= 15 is 0 Å². The molecule has 0 bridgehead atoms. The van der Waals surface area contributed by atoms with Gasteiger partial charge in [0, 0.05) is 25.7 Å². The normalized spacial score (nSPS) is 14.0. The first-order chi connectivity index (χ1) is 45.9. The summed E-state index contributed by atoms with van der Waals surface area (Å²) in [4.78, 5) is 72.7. The molecule has 95 heavy (non-hydrogen) atoms. The molecule has 564 valence electrons. The van der Waals surface area contributed by atoms with Gasteiger partial charge in [0.1, 0.15) is 19.3 Å². The Morgan fingerprint density at radius 1 is 0.284 bits per heavy atom. The Hall–Kier alpha value is -1.94. The molecule has 5 atom stereocenters. The Kier molecular flexibility index (Phi) is 66.5. The smallest absolute Gasteiger partial charge is 0.462 e. The molecule has 0 fully saturated rings. The van der Waals surface area contributed by atoms with E-state index in [0.717, 1.165) is 108 Å². The third kappa shape index (κ3) is 70.3. The largest absolute Gasteiger partial charge is 0.472 e. The molecule has 3 N–H and O–H groups in total. The predicted molar refractivity (Wildman–Crippen MR) is 386 cm³/mol. The average Bonchev–Trinajstić information content (AvgIpc) is 1.40. The van der Waals surface area contributed by atoms with Gasteiger partial charge in [-0.1, -0.05) is 343 Å². The molecule has 0 spiro atoms. The minimum Gasteiger partial charge on any atom is -0.462 e. The second kappa shape index (κ2) is 67.9. The Balaban J connectivity index is 5.21. The van der Waals surface area contributed by atoms with E-state index in [4.69, 9.17) is 37.0 Å². The molecule has 0 aromatic rings. The number of phosphoric acid groups is 2. The van der Waals surface area contributed by atoms with Crippen LogP contribution in [-0.2, 0) is 65.4 Å². The van der Waals surface area contributed by atoms with Crippen molar-refractivity contribution in [3.8, 4) is 0 Å². The predicted octanol–water partition coefficient (Wildman–Crippen LogP) is 22.3. The molecule has 2 unspecified atom stereocenters. The second-order valence-electron chi connectivity index (χ2n) is 28.3. The van der Waals surface area contributed by atoms with Crippen molar-refractivity contribution in [1.29, 1.82) is 0 Å². The molecular formula is C76H148O17P2. The molecule has 0 aliphatic carbocycles. The number of esters is 4. The summed E-state index contributed by atoms with van der Waals surface area (Å²) in [6.45, 7) is 9.60. The summed E-state index contributed by atoms with van der Waals surface area (Å²) in [6.07, 6.45) is 55.5. The highest BCUT2D eigenvalue weighted by atomic mass is 31.2. The zero-order valence-corrected chi connectivity index (χ0v) is 63.8. The molecule has 0 rings (SSSR count). The van der Waals surface area contributed by atoms with Gasteiger partial charge in [0.15, 0.2) is 12.2 Å². The van der Waals surface area contributed by atoms with E-state index in [0.29, 0.717) is 25.7 Å². The van der Waals surface area contributed by atoms with Gasteiger partial charge in [-0.3, -0.25) is 37.3 Å². The molecule has 0 amide bonds. The zero-order valence-electron chi connectivity index (χ0n) is 62.0. The molecule has 0 radical (unpaired) electrons. The number of aliphatic hydroxyl groups is 1. The van der Waals surface area contributed by atoms with E-state index in [9.17, 15) is 43.2 Å². The Bertz CT molecular complexity index is 1840. The monoisotopic (exact) mass is 1400 g/mol. The first-order valence-electron chi connectivity index (χ1n) is 39.5. The van der Waals surface area contributed by atoms with Gasteiger partial charge < -0.3 is 33.8 Å². The maximum atomic E-state index is 13.1. The van der Waals surface area contributed by atoms with E-state index in [2.05, 4.69) is 41.5 Å². The van der Waals surface area contributed by atoms with E-state index in [1.165, 1.54) is 205 Å². The summed E-state index contributed by atoms with van der Waals surface area (Å²) in [5.74, 6) is -0.548. The fourth-order valence-corrected chi connectivity index (χ4v) is 13.2. The van der Waals surface area contributed by atoms with Crippen LogP contribution in [0, 0.1) is 11.8 Å². The first kappa shape index (κ1) is 93.1. The highest BCUT2D eigenvalue weighted by Gasteiger charge is 2.30. The summed E-state index contributed by atoms with van der Waals surface area (Å²) in [7, 11) is -9.91. The number of phosphoric ester groups is 2. The Labute approximate surface area is 581 Å². The topological polar surface area (TPSA) is 237 Å². The van der Waals surface area contributed by atoms with Crippen molar-refractivity contribution in [1.82, 2.24) is 0 Å². The number of carbonyl (C=O) groups is 4. The Morgan fingerprint density at radius 3 is 0.716 bits per heavy atom. The lowest BCUT2D eigenvalue weighted by atomic mass is 10.0. The van der Waals surface area contributed by atoms with Crippen LogP contribution >= 0.6 is 15.6 Å². The minimum atomic E-state index is -4.96. The van der Waals surface area contributed by atoms with Gasteiger partial charge in [-0.25, -0.2) is 9.13 Å². The third-order valence-electron chi connectivity index (χ3n) is 17.7. The first-order valence-corrected chi connectivity index (χ1v) is 42.5. The summed E-state index contributed by atoms with van der Waals surface area (Å²) in [5, 5.41) is 10.6. The summed E-state index contributed by atoms with van der Waals surface area (Å²) >= 11 is 0. The van der Waals surface area contributed by atoms with E-state index in [-0.39, 0.29) is 25.7 Å². The van der Waals surface area contributed by atoms with Gasteiger partial charge in [0.05, 0.1) is 26.4 Å². The van der Waals surface area contributed by atoms with Crippen molar-refractivity contribution in [3.05, 3.63) is 0 Å². The molecule has 0 aromatic carbocycles. The van der Waals surface area contributed by atoms with Crippen LogP contribution in [0.25, 0.3) is 0 Å². The van der Waals surface area contributed by atoms with Gasteiger partial charge in [0.25, 0.3) is 0 Å². The van der Waals surface area contributed by atoms with Crippen LogP contribution in [0.2, 0.25) is 0 Å². The Morgan fingerprint density at radius 2 is 0.484 bits per heavy atom. The minimum absolute atomic E-state index is 0.106. The number of unbranched alkanes of at least 4 members (excludes halogenated alkanes) is 45. The van der Waals surface area contributed by atoms with Crippen molar-refractivity contribution in [2.24, 2.45) is 11.8 Å². The van der Waals surface area contributed by atoms with Gasteiger partial charge in [-0.2, -0.15) is 0 Å². The molecule has 0 saturated carbocycles. The quantitative estimate of drug-likeness (QED) is 0.0222. The van der Waals surface area contributed by atoms with Crippen LogP contribution in [0.1, 0.15) is 395 Å². The molecule has 0 heterocycles. The number of carbonyl (C=O) groups excluding carboxylic acids is 4. The van der Waals surface area contributed by atoms with Crippen LogP contribution in [0.4, 0.5) is 0 Å². The summed E-state index contributed by atoms with van der Waals surface area (Å²) in [6, 6.07) is 0. The molecule has 0 aliphatic heterocycles. The highest BCUT2D eigenvalue weighted by Crippen LogP contribution is 2.45. The average molecular weight is 1400 g/mol. The number of rotatable bonds is 75. The second-order valence-corrected chi connectivity index (χ2v) is 31.3. The SMILES string of the molecule is CCCCCCCCCCCCCCCCCC(=O)OC[C@H](COP(=O)(O)OC[C@@H](O)COP(=O)(O)OC[C@@H](COC(=O)CCCCCCCCCC)OC(=O)CCCCCCCCCCCCCC(C)C)OC(=O)CCCCCCCCCCCCCCCCCC(C)C. The van der Waals surface area contributed by atoms with E-state index in [1.54, 1.807) is 0 Å². The third-order valence-corrected chi connectivity index (χ3v) is 19.6. The van der Waals surface area contributed by atoms with E-state index in [1.807, 2.05) is 0 Å². The lowest BCUT2D eigenvalue weighted by Crippen LogP contribution is -2.30. The molecule has 0 saturated heterocycles. The van der Waals surface area contributed by atoms with Crippen LogP contribution in [0.3, 0.4) is 0 Å². The summed E-state index contributed by atoms with van der Waals surface area (Å²) < 4.78 is 68.5. The van der Waals surface area contributed by atoms with Crippen LogP contribution < -0.4 is 0 Å². The van der Waals surface area contributed by atoms with Crippen molar-refractivity contribution in [2.45, 2.75) is 413 Å². The molecule has 0 aliphatic rings. The molecule has 19 heteroatoms. The maximum absolute atomic E-state index is 13.1. The fraction of sp³-hybridized carbons (Fsp3) is 0.947. The van der Waals surface area contributed by atoms with Crippen LogP contribution in [-0.4, -0.2) is 96.7 Å². The fourth-order valence-electron chi connectivity index (χ4n) is 11.7. The number of hydrogen-bond donors (Lipinski definition) is 3. The number of ether oxygens (including phenoxy) is 4. The lowest BCUT2D eigenvalue weighted by Gasteiger charge is -2.21. The van der Waals surface area contributed by atoms with Crippen molar-refractivity contribution in [3.63, 3.8) is 0 Å². The van der Waals surface area contributed by atoms with Gasteiger partial charge >= 0.3 is 39.5 Å². The number of aliphatic hydroxyl groups excluding tert-OH is 1. The maximum Gasteiger partial charge on any atom is 0.472 e. The van der Waals surface area contributed by atoms with Crippen LogP contribution in [0.5, 0.6) is 0 Å². The number of hydrogen-bond acceptors (Lipinski definition) is 15. The van der Waals surface area contributed by atoms with Gasteiger partial charge in [0.2, 0.25) is 0 Å². The lowest BCUT2D eigenvalue weighted by molar-refractivity contribution is -0.161. The zero-order chi connectivity index (χ0) is 70.0. The van der Waals surface area contributed by atoms with Gasteiger partial charge in [-0.05, 0) is 37.5 Å². The van der Waals surface area contributed by atoms with E-state index < -0.39 is 97.5 Å². The summed E-state index contributed by atoms with van der Waals surface area (Å²) in [5.41, 5.74) is 0. The van der Waals surface area contributed by atoms with Crippen LogP contribution in [0.15, 0.2) is 0 Å². The standard InChI is InChI=1S/C76H148O17P2/c1-7-9-11-13-15-17-18-19-21-25-30-35-41-47-53-59-74(79)87-65-72(93-75(80)60-54-48-42-36-31-26-23-20-22-24-28-33-38-44-50-56-68(3)4)67-91-95(84,85)89-63-70(77)62-88-94(82,83)90-66-71(64-86-73(78)58-52-46-40-16-14-12-10-8-2)92-76(81)61-55-49-43-37-32-27-29-34-39-45-51-57-69(5)6/h68-72,77H,7-67H2,1-6H3,(H,82,83)(H,84,85)/t70-,71+,72+/m0/s1. The van der Waals surface area contributed by atoms with Crippen molar-refractivity contribution < 1.29 is 80.2 Å². The van der Waals surface area contributed by atoms with Crippen molar-refractivity contribution in [2.75, 3.05) is 39.6 Å². The molecule has 0 aromatic heterocycles. The molecule has 17 nitrogen and oxygen atoms in total. The molecular weight excluding hydrogens is 1250 g/mol. The highest BCUT2D eigenvalue weighted by molar-refractivity contribution is 7.47. The van der Waals surface area contributed by atoms with Gasteiger partial charge in [-0.15, -0.1) is 0 Å². The van der Waals surface area contributed by atoms with Crippen molar-refractivity contribution >= 4 is 39.5 Å².